The first-order valence-electron chi connectivity index (χ1n) is 6.61. The van der Waals surface area contributed by atoms with Gasteiger partial charge in [-0.25, -0.2) is 0 Å². The Morgan fingerprint density at radius 3 is 2.75 bits per heavy atom. The van der Waals surface area contributed by atoms with Crippen molar-refractivity contribution in [2.45, 2.75) is 13.5 Å². The molecule has 2 nitrogen and oxygen atoms in total. The Morgan fingerprint density at radius 1 is 1.15 bits per heavy atom. The van der Waals surface area contributed by atoms with Gasteiger partial charge in [0, 0.05) is 22.5 Å². The van der Waals surface area contributed by atoms with Crippen LogP contribution in [0.25, 0.3) is 22.3 Å². The van der Waals surface area contributed by atoms with Crippen LogP contribution in [0.3, 0.4) is 0 Å². The van der Waals surface area contributed by atoms with Gasteiger partial charge in [-0.15, -0.1) is 0 Å². The third-order valence-electron chi connectivity index (χ3n) is 3.44. The Kier molecular flexibility index (Phi) is 3.51. The number of furan rings is 1. The van der Waals surface area contributed by atoms with Crippen LogP contribution in [0.4, 0.5) is 0 Å². The first kappa shape index (κ1) is 13.2. The summed E-state index contributed by atoms with van der Waals surface area (Å²) in [5.74, 6) is 0.878. The van der Waals surface area contributed by atoms with E-state index in [1.54, 1.807) is 0 Å². The van der Waals surface area contributed by atoms with Gasteiger partial charge in [-0.3, -0.25) is 0 Å². The van der Waals surface area contributed by atoms with Crippen molar-refractivity contribution in [1.82, 2.24) is 5.32 Å². The van der Waals surface area contributed by atoms with Crippen molar-refractivity contribution >= 4 is 22.6 Å². The fraction of sp³-hybridized carbons (Fsp3) is 0.176. The number of fused-ring (bicyclic) bond motifs is 1. The second-order valence-electron chi connectivity index (χ2n) is 4.94. The van der Waals surface area contributed by atoms with Gasteiger partial charge in [0.1, 0.15) is 11.3 Å². The zero-order chi connectivity index (χ0) is 14.1. The molecule has 0 radical (unpaired) electrons. The number of nitrogens with one attached hydrogen (secondary N) is 1. The van der Waals surface area contributed by atoms with Crippen molar-refractivity contribution in [2.24, 2.45) is 0 Å². The van der Waals surface area contributed by atoms with Crippen LogP contribution in [-0.2, 0) is 6.54 Å². The number of benzene rings is 2. The van der Waals surface area contributed by atoms with E-state index < -0.39 is 0 Å². The van der Waals surface area contributed by atoms with Crippen molar-refractivity contribution in [3.8, 4) is 11.3 Å². The monoisotopic (exact) mass is 285 g/mol. The second kappa shape index (κ2) is 5.31. The Morgan fingerprint density at radius 2 is 2.00 bits per heavy atom. The minimum atomic E-state index is 0.742. The second-order valence-corrected chi connectivity index (χ2v) is 5.35. The van der Waals surface area contributed by atoms with Crippen LogP contribution in [0.1, 0.15) is 11.1 Å². The Hall–Kier alpha value is -1.77. The van der Waals surface area contributed by atoms with Crippen LogP contribution in [0, 0.1) is 6.92 Å². The summed E-state index contributed by atoms with van der Waals surface area (Å²) in [5, 5.41) is 5.03. The van der Waals surface area contributed by atoms with Crippen molar-refractivity contribution in [2.75, 3.05) is 7.05 Å². The molecule has 1 heterocycles. The molecule has 1 aromatic heterocycles. The molecule has 0 fully saturated rings. The molecule has 0 aliphatic rings. The summed E-state index contributed by atoms with van der Waals surface area (Å²) in [6.07, 6.45) is 0. The molecule has 0 aliphatic heterocycles. The molecule has 0 saturated carbocycles. The average Bonchev–Trinajstić information content (AvgIpc) is 2.87. The molecule has 0 amide bonds. The highest BCUT2D eigenvalue weighted by molar-refractivity contribution is 6.31. The van der Waals surface area contributed by atoms with E-state index in [0.717, 1.165) is 45.0 Å². The van der Waals surface area contributed by atoms with E-state index in [9.17, 15) is 0 Å². The van der Waals surface area contributed by atoms with Crippen LogP contribution < -0.4 is 5.32 Å². The standard InChI is InChI=1S/C17H16ClNO/c1-11-4-3-5-13-9-16(20-17(11)13)12-6-7-15(18)14(8-12)10-19-2/h3-9,19H,10H2,1-2H3. The number of halogens is 1. The third-order valence-corrected chi connectivity index (χ3v) is 3.81. The minimum absolute atomic E-state index is 0.742. The number of hydrogen-bond donors (Lipinski definition) is 1. The lowest BCUT2D eigenvalue weighted by atomic mass is 10.1. The summed E-state index contributed by atoms with van der Waals surface area (Å²) in [7, 11) is 1.91. The summed E-state index contributed by atoms with van der Waals surface area (Å²) in [4.78, 5) is 0. The van der Waals surface area contributed by atoms with Gasteiger partial charge in [-0.2, -0.15) is 0 Å². The normalized spacial score (nSPS) is 11.2. The van der Waals surface area contributed by atoms with Crippen LogP contribution in [0.15, 0.2) is 46.9 Å². The zero-order valence-electron chi connectivity index (χ0n) is 11.5. The third kappa shape index (κ3) is 2.33. The lowest BCUT2D eigenvalue weighted by Gasteiger charge is -2.05. The fourth-order valence-electron chi connectivity index (χ4n) is 2.41. The molecule has 0 saturated heterocycles. The summed E-state index contributed by atoms with van der Waals surface area (Å²) in [6.45, 7) is 2.80. The smallest absolute Gasteiger partial charge is 0.137 e. The maximum atomic E-state index is 6.20. The molecule has 0 unspecified atom stereocenters. The number of hydrogen-bond acceptors (Lipinski definition) is 2. The first-order valence-corrected chi connectivity index (χ1v) is 6.99. The molecule has 3 rings (SSSR count). The topological polar surface area (TPSA) is 25.2 Å². The minimum Gasteiger partial charge on any atom is -0.456 e. The first-order chi connectivity index (χ1) is 9.69. The highest BCUT2D eigenvalue weighted by atomic mass is 35.5. The molecule has 3 aromatic rings. The fourth-order valence-corrected chi connectivity index (χ4v) is 2.59. The van der Waals surface area contributed by atoms with Gasteiger partial charge in [-0.1, -0.05) is 29.8 Å². The molecule has 2 aromatic carbocycles. The zero-order valence-corrected chi connectivity index (χ0v) is 12.3. The van der Waals surface area contributed by atoms with Gasteiger partial charge in [0.2, 0.25) is 0 Å². The quantitative estimate of drug-likeness (QED) is 0.749. The van der Waals surface area contributed by atoms with Gasteiger partial charge < -0.3 is 9.73 Å². The van der Waals surface area contributed by atoms with Crippen molar-refractivity contribution in [3.05, 3.63) is 58.6 Å². The van der Waals surface area contributed by atoms with Gasteiger partial charge in [0.05, 0.1) is 0 Å². The van der Waals surface area contributed by atoms with E-state index in [-0.39, 0.29) is 0 Å². The van der Waals surface area contributed by atoms with Gasteiger partial charge >= 0.3 is 0 Å². The van der Waals surface area contributed by atoms with Crippen LogP contribution >= 0.6 is 11.6 Å². The Bertz CT molecular complexity index is 761. The molecule has 1 N–H and O–H groups in total. The molecule has 102 valence electrons. The van der Waals surface area contributed by atoms with E-state index in [0.29, 0.717) is 0 Å². The SMILES string of the molecule is CNCc1cc(-c2cc3cccc(C)c3o2)ccc1Cl. The molecule has 0 atom stereocenters. The van der Waals surface area contributed by atoms with E-state index in [4.69, 9.17) is 16.0 Å². The van der Waals surface area contributed by atoms with Crippen LogP contribution in [0.5, 0.6) is 0 Å². The highest BCUT2D eigenvalue weighted by Crippen LogP contribution is 2.31. The molecular weight excluding hydrogens is 270 g/mol. The summed E-state index contributed by atoms with van der Waals surface area (Å²) in [5.41, 5.74) is 4.23. The molecular formula is C17H16ClNO. The van der Waals surface area contributed by atoms with E-state index in [1.807, 2.05) is 25.2 Å². The van der Waals surface area contributed by atoms with Gasteiger partial charge in [0.25, 0.3) is 0 Å². The average molecular weight is 286 g/mol. The van der Waals surface area contributed by atoms with Crippen molar-refractivity contribution < 1.29 is 4.42 Å². The number of aryl methyl sites for hydroxylation is 1. The Labute approximate surface area is 123 Å². The molecule has 20 heavy (non-hydrogen) atoms. The summed E-state index contributed by atoms with van der Waals surface area (Å²) >= 11 is 6.20. The molecule has 0 spiro atoms. The lowest BCUT2D eigenvalue weighted by Crippen LogP contribution is -2.05. The van der Waals surface area contributed by atoms with Gasteiger partial charge in [-0.05, 0) is 49.4 Å². The summed E-state index contributed by atoms with van der Waals surface area (Å²) in [6, 6.07) is 14.2. The molecule has 0 bridgehead atoms. The number of para-hydroxylation sites is 1. The predicted octanol–water partition coefficient (Wildman–Crippen LogP) is 4.78. The molecule has 0 aliphatic carbocycles. The van der Waals surface area contributed by atoms with Gasteiger partial charge in [0.15, 0.2) is 0 Å². The van der Waals surface area contributed by atoms with Crippen LogP contribution in [-0.4, -0.2) is 7.05 Å². The van der Waals surface area contributed by atoms with Crippen molar-refractivity contribution in [3.63, 3.8) is 0 Å². The molecule has 3 heteroatoms. The summed E-state index contributed by atoms with van der Waals surface area (Å²) < 4.78 is 5.99. The van der Waals surface area contributed by atoms with Crippen LogP contribution in [0.2, 0.25) is 5.02 Å². The van der Waals surface area contributed by atoms with E-state index in [1.165, 1.54) is 0 Å². The largest absolute Gasteiger partial charge is 0.456 e. The maximum Gasteiger partial charge on any atom is 0.137 e. The van der Waals surface area contributed by atoms with Crippen molar-refractivity contribution in [1.29, 1.82) is 0 Å². The predicted molar refractivity (Wildman–Crippen MR) is 84.2 cm³/mol. The lowest BCUT2D eigenvalue weighted by molar-refractivity contribution is 0.628. The Balaban J connectivity index is 2.11. The van der Waals surface area contributed by atoms with E-state index >= 15 is 0 Å². The number of rotatable bonds is 3. The maximum absolute atomic E-state index is 6.20. The highest BCUT2D eigenvalue weighted by Gasteiger charge is 2.09. The van der Waals surface area contributed by atoms with E-state index in [2.05, 4.69) is 36.5 Å².